The maximum atomic E-state index is 14.0. The van der Waals surface area contributed by atoms with E-state index in [9.17, 15) is 9.59 Å². The molecule has 9 fully saturated rings. The van der Waals surface area contributed by atoms with Gasteiger partial charge in [0.1, 0.15) is 11.6 Å². The number of ether oxygens (including phenoxy) is 6. The highest BCUT2D eigenvalue weighted by atomic mass is 16.6. The van der Waals surface area contributed by atoms with Crippen molar-refractivity contribution < 1.29 is 38.0 Å². The fraction of sp³-hybridized carbons (Fsp3) is 0.944. The van der Waals surface area contributed by atoms with Crippen LogP contribution in [0.25, 0.3) is 0 Å². The van der Waals surface area contributed by atoms with Gasteiger partial charge < -0.3 is 28.4 Å². The Balaban J connectivity index is 0.773. The summed E-state index contributed by atoms with van der Waals surface area (Å²) in [7, 11) is 0. The predicted octanol–water partition coefficient (Wildman–Crippen LogP) is 5.26. The summed E-state index contributed by atoms with van der Waals surface area (Å²) >= 11 is 0. The minimum Gasteiger partial charge on any atom is -0.367 e. The SMILES string of the molecule is CC1(C)OC1CCC1(C)OC1CCC12CC3C(=O)C4CC5OC5(CCC5OC5(C)CCC5OC5(C)C)CC4C(=O)C3CC1O2. The lowest BCUT2D eigenvalue weighted by atomic mass is 9.55. The Bertz CT molecular complexity index is 1180. The second-order valence-corrected chi connectivity index (χ2v) is 17.9. The van der Waals surface area contributed by atoms with Crippen molar-refractivity contribution in [2.45, 2.75) is 189 Å². The zero-order valence-corrected chi connectivity index (χ0v) is 27.5. The molecule has 0 aromatic heterocycles. The van der Waals surface area contributed by atoms with Gasteiger partial charge in [0, 0.05) is 23.7 Å². The topological polar surface area (TPSA) is 109 Å². The minimum atomic E-state index is -0.231. The second-order valence-electron chi connectivity index (χ2n) is 17.9. The quantitative estimate of drug-likeness (QED) is 0.275. The van der Waals surface area contributed by atoms with Gasteiger partial charge in [-0.25, -0.2) is 0 Å². The van der Waals surface area contributed by atoms with Crippen LogP contribution >= 0.6 is 0 Å². The largest absolute Gasteiger partial charge is 0.367 e. The Morgan fingerprint density at radius 1 is 0.500 bits per heavy atom. The van der Waals surface area contributed by atoms with E-state index < -0.39 is 0 Å². The van der Waals surface area contributed by atoms with Crippen LogP contribution in [0.5, 0.6) is 0 Å². The summed E-state index contributed by atoms with van der Waals surface area (Å²) < 4.78 is 36.6. The molecule has 244 valence electrons. The Hall–Kier alpha value is -0.900. The van der Waals surface area contributed by atoms with Gasteiger partial charge in [-0.2, -0.15) is 0 Å². The van der Waals surface area contributed by atoms with Gasteiger partial charge >= 0.3 is 0 Å². The van der Waals surface area contributed by atoms with Crippen LogP contribution < -0.4 is 0 Å². The van der Waals surface area contributed by atoms with Gasteiger partial charge in [0.25, 0.3) is 0 Å². The molecule has 6 saturated heterocycles. The smallest absolute Gasteiger partial charge is 0.140 e. The number of fused-ring (bicyclic) bond motifs is 4. The van der Waals surface area contributed by atoms with Gasteiger partial charge in [-0.15, -0.1) is 0 Å². The Morgan fingerprint density at radius 3 is 1.23 bits per heavy atom. The molecule has 0 radical (unpaired) electrons. The summed E-state index contributed by atoms with van der Waals surface area (Å²) in [5, 5.41) is 0. The molecular weight excluding hydrogens is 560 g/mol. The maximum absolute atomic E-state index is 14.0. The molecule has 3 aliphatic carbocycles. The lowest BCUT2D eigenvalue weighted by Crippen LogP contribution is -2.54. The molecule has 9 aliphatic rings. The zero-order valence-electron chi connectivity index (χ0n) is 27.5. The molecule has 8 nitrogen and oxygen atoms in total. The summed E-state index contributed by atoms with van der Waals surface area (Å²) in [4.78, 5) is 28.0. The molecule has 14 unspecified atom stereocenters. The third-order valence-electron chi connectivity index (χ3n) is 14.2. The molecule has 44 heavy (non-hydrogen) atoms. The Morgan fingerprint density at radius 2 is 0.864 bits per heavy atom. The number of hydrogen-bond donors (Lipinski definition) is 0. The van der Waals surface area contributed by atoms with Crippen LogP contribution in [0.2, 0.25) is 0 Å². The van der Waals surface area contributed by atoms with E-state index in [1.807, 2.05) is 0 Å². The highest BCUT2D eigenvalue weighted by Crippen LogP contribution is 2.63. The first-order valence-corrected chi connectivity index (χ1v) is 17.8. The van der Waals surface area contributed by atoms with Crippen LogP contribution in [0.1, 0.15) is 119 Å². The Kier molecular flexibility index (Phi) is 5.96. The van der Waals surface area contributed by atoms with E-state index in [1.165, 1.54) is 0 Å². The standard InChI is InChI=1S/C36H52O8/c1-31(2)23(39-31)7-11-33(5)25(41-33)9-13-35-17-21-19(15-27(35)43-35)30(38)22-18-36(28(44-36)16-20(22)29(21)37)14-10-26-34(6,42-26)12-8-24-32(3,4)40-24/h19-28H,7-18H2,1-6H3. The van der Waals surface area contributed by atoms with Gasteiger partial charge in [0.2, 0.25) is 0 Å². The van der Waals surface area contributed by atoms with Crippen molar-refractivity contribution in [1.82, 2.24) is 0 Å². The zero-order chi connectivity index (χ0) is 30.7. The Labute approximate surface area is 261 Å². The molecule has 6 heterocycles. The van der Waals surface area contributed by atoms with Gasteiger partial charge in [0.05, 0.1) is 70.2 Å². The normalized spacial score (nSPS) is 56.1. The number of hydrogen-bond acceptors (Lipinski definition) is 8. The van der Waals surface area contributed by atoms with E-state index in [-0.39, 0.29) is 81.7 Å². The lowest BCUT2D eigenvalue weighted by molar-refractivity contribution is -0.151. The molecule has 9 rings (SSSR count). The van der Waals surface area contributed by atoms with E-state index in [0.717, 1.165) is 51.4 Å². The van der Waals surface area contributed by atoms with Crippen LogP contribution in [-0.2, 0) is 38.0 Å². The molecular formula is C36H52O8. The van der Waals surface area contributed by atoms with E-state index in [1.54, 1.807) is 0 Å². The van der Waals surface area contributed by atoms with Crippen LogP contribution in [-0.4, -0.2) is 81.8 Å². The maximum Gasteiger partial charge on any atom is 0.140 e. The first-order valence-electron chi connectivity index (χ1n) is 17.8. The van der Waals surface area contributed by atoms with Gasteiger partial charge in [0.15, 0.2) is 0 Å². The van der Waals surface area contributed by atoms with Crippen LogP contribution in [0, 0.1) is 23.7 Å². The van der Waals surface area contributed by atoms with Crippen molar-refractivity contribution in [2.75, 3.05) is 0 Å². The second kappa shape index (κ2) is 8.96. The third kappa shape index (κ3) is 4.66. The number of Topliss-reactive ketones (excluding diaryl/α,β-unsaturated/α-hetero) is 2. The van der Waals surface area contributed by atoms with Gasteiger partial charge in [-0.05, 0) is 119 Å². The average Bonchev–Trinajstić information content (AvgIpc) is 3.71. The monoisotopic (exact) mass is 612 g/mol. The van der Waals surface area contributed by atoms with Crippen molar-refractivity contribution in [3.63, 3.8) is 0 Å². The van der Waals surface area contributed by atoms with Crippen molar-refractivity contribution in [3.05, 3.63) is 0 Å². The molecule has 0 aromatic carbocycles. The highest BCUT2D eigenvalue weighted by Gasteiger charge is 2.71. The third-order valence-corrected chi connectivity index (χ3v) is 14.2. The average molecular weight is 613 g/mol. The van der Waals surface area contributed by atoms with E-state index in [0.29, 0.717) is 49.5 Å². The summed E-state index contributed by atoms with van der Waals surface area (Å²) in [6.45, 7) is 13.1. The molecule has 0 bridgehead atoms. The van der Waals surface area contributed by atoms with Crippen molar-refractivity contribution >= 4 is 11.6 Å². The minimum absolute atomic E-state index is 0.0265. The van der Waals surface area contributed by atoms with Crippen molar-refractivity contribution in [2.24, 2.45) is 23.7 Å². The van der Waals surface area contributed by atoms with Crippen molar-refractivity contribution in [1.29, 1.82) is 0 Å². The number of carbonyl (C=O) groups excluding carboxylic acids is 2. The summed E-state index contributed by atoms with van der Waals surface area (Å²) in [6.07, 6.45) is 12.2. The first-order chi connectivity index (χ1) is 20.7. The highest BCUT2D eigenvalue weighted by molar-refractivity contribution is 6.00. The molecule has 0 spiro atoms. The molecule has 0 amide bonds. The predicted molar refractivity (Wildman–Crippen MR) is 159 cm³/mol. The van der Waals surface area contributed by atoms with Gasteiger partial charge in [-0.3, -0.25) is 9.59 Å². The lowest BCUT2D eigenvalue weighted by Gasteiger charge is -2.44. The fourth-order valence-corrected chi connectivity index (χ4v) is 10.4. The van der Waals surface area contributed by atoms with E-state index in [4.69, 9.17) is 28.4 Å². The fourth-order valence-electron chi connectivity index (χ4n) is 10.4. The summed E-state index contributed by atoms with van der Waals surface area (Å²) in [5.74, 6) is -0.0826. The molecule has 0 aromatic rings. The number of carbonyl (C=O) groups is 2. The molecule has 3 saturated carbocycles. The van der Waals surface area contributed by atoms with Crippen LogP contribution in [0.4, 0.5) is 0 Å². The molecule has 8 heteroatoms. The van der Waals surface area contributed by atoms with Crippen molar-refractivity contribution in [3.8, 4) is 0 Å². The van der Waals surface area contributed by atoms with E-state index >= 15 is 0 Å². The van der Waals surface area contributed by atoms with Crippen LogP contribution in [0.3, 0.4) is 0 Å². The molecule has 6 aliphatic heterocycles. The number of rotatable bonds is 12. The number of epoxide rings is 6. The first kappa shape index (κ1) is 29.3. The summed E-state index contributed by atoms with van der Waals surface area (Å²) in [5.41, 5.74) is -0.528. The number of ketones is 2. The van der Waals surface area contributed by atoms with E-state index in [2.05, 4.69) is 41.5 Å². The van der Waals surface area contributed by atoms with Gasteiger partial charge in [-0.1, -0.05) is 0 Å². The van der Waals surface area contributed by atoms with Crippen LogP contribution in [0.15, 0.2) is 0 Å². The summed E-state index contributed by atoms with van der Waals surface area (Å²) in [6, 6.07) is 0. The molecule has 14 atom stereocenters. The molecule has 0 N–H and O–H groups in total.